The first-order valence-corrected chi connectivity index (χ1v) is 8.57. The van der Waals surface area contributed by atoms with Gasteiger partial charge in [-0.05, 0) is 48.9 Å². The van der Waals surface area contributed by atoms with Crippen LogP contribution in [-0.4, -0.2) is 5.91 Å². The number of hydrogen-bond donors (Lipinski definition) is 2. The highest BCUT2D eigenvalue weighted by molar-refractivity contribution is 6.31. The van der Waals surface area contributed by atoms with Crippen molar-refractivity contribution in [3.8, 4) is 0 Å². The predicted molar refractivity (Wildman–Crippen MR) is 104 cm³/mol. The van der Waals surface area contributed by atoms with Crippen LogP contribution in [0.1, 0.15) is 21.5 Å². The molecule has 132 valence electrons. The molecule has 2 N–H and O–H groups in total. The van der Waals surface area contributed by atoms with E-state index in [0.29, 0.717) is 21.8 Å². The minimum absolute atomic E-state index is 0.178. The van der Waals surface area contributed by atoms with Crippen LogP contribution in [0.2, 0.25) is 5.02 Å². The summed E-state index contributed by atoms with van der Waals surface area (Å²) in [6, 6.07) is 19.2. The third-order valence-corrected chi connectivity index (χ3v) is 4.49. The number of benzene rings is 3. The van der Waals surface area contributed by atoms with Crippen LogP contribution in [-0.2, 0) is 6.54 Å². The third kappa shape index (κ3) is 4.03. The van der Waals surface area contributed by atoms with Crippen molar-refractivity contribution < 1.29 is 9.18 Å². The van der Waals surface area contributed by atoms with E-state index in [-0.39, 0.29) is 18.3 Å². The molecule has 1 amide bonds. The normalized spacial score (nSPS) is 10.4. The van der Waals surface area contributed by atoms with Crippen LogP contribution < -0.4 is 10.6 Å². The largest absolute Gasteiger partial charge is 0.381 e. The second-order valence-corrected chi connectivity index (χ2v) is 6.26. The monoisotopic (exact) mass is 368 g/mol. The van der Waals surface area contributed by atoms with E-state index in [1.54, 1.807) is 24.3 Å². The van der Waals surface area contributed by atoms with E-state index in [0.717, 1.165) is 11.3 Å². The van der Waals surface area contributed by atoms with E-state index in [2.05, 4.69) is 10.6 Å². The van der Waals surface area contributed by atoms with Crippen LogP contribution in [0, 0.1) is 12.7 Å². The average molecular weight is 369 g/mol. The summed E-state index contributed by atoms with van der Waals surface area (Å²) in [5.41, 5.74) is 3.36. The maximum absolute atomic E-state index is 13.9. The Balaban J connectivity index is 1.76. The molecule has 3 nitrogen and oxygen atoms in total. The molecule has 3 rings (SSSR count). The third-order valence-electron chi connectivity index (χ3n) is 4.14. The molecule has 0 atom stereocenters. The number of hydrogen-bond acceptors (Lipinski definition) is 2. The Bertz CT molecular complexity index is 908. The Morgan fingerprint density at radius 2 is 1.65 bits per heavy atom. The molecule has 0 aromatic heterocycles. The van der Waals surface area contributed by atoms with Gasteiger partial charge in [0.2, 0.25) is 0 Å². The highest BCUT2D eigenvalue weighted by Gasteiger charge is 2.11. The minimum atomic E-state index is -0.351. The molecule has 0 aliphatic heterocycles. The van der Waals surface area contributed by atoms with E-state index < -0.39 is 0 Å². The van der Waals surface area contributed by atoms with E-state index in [4.69, 9.17) is 11.6 Å². The van der Waals surface area contributed by atoms with Gasteiger partial charge >= 0.3 is 0 Å². The summed E-state index contributed by atoms with van der Waals surface area (Å²) in [6.07, 6.45) is 0. The molecule has 0 heterocycles. The Labute approximate surface area is 156 Å². The van der Waals surface area contributed by atoms with Gasteiger partial charge in [-0.15, -0.1) is 0 Å². The molecule has 3 aromatic rings. The van der Waals surface area contributed by atoms with Crippen LogP contribution in [0.25, 0.3) is 0 Å². The first-order chi connectivity index (χ1) is 12.6. The average Bonchev–Trinajstić information content (AvgIpc) is 2.64. The Morgan fingerprint density at radius 1 is 0.962 bits per heavy atom. The molecule has 0 fully saturated rings. The summed E-state index contributed by atoms with van der Waals surface area (Å²) in [6.45, 7) is 2.15. The van der Waals surface area contributed by atoms with Crippen molar-refractivity contribution >= 4 is 28.9 Å². The van der Waals surface area contributed by atoms with Crippen LogP contribution in [0.3, 0.4) is 0 Å². The summed E-state index contributed by atoms with van der Waals surface area (Å²) in [7, 11) is 0. The van der Waals surface area contributed by atoms with Gasteiger partial charge in [0, 0.05) is 34.1 Å². The van der Waals surface area contributed by atoms with E-state index in [1.165, 1.54) is 6.07 Å². The fraction of sp³-hybridized carbons (Fsp3) is 0.0952. The number of carbonyl (C=O) groups excluding carboxylic acids is 1. The predicted octanol–water partition coefficient (Wildman–Crippen LogP) is 5.65. The minimum Gasteiger partial charge on any atom is -0.381 e. The lowest BCUT2D eigenvalue weighted by atomic mass is 10.1. The zero-order valence-corrected chi connectivity index (χ0v) is 15.0. The van der Waals surface area contributed by atoms with Crippen molar-refractivity contribution in [2.75, 3.05) is 10.6 Å². The lowest BCUT2D eigenvalue weighted by Gasteiger charge is -2.15. The quantitative estimate of drug-likeness (QED) is 0.610. The standard InChI is InChI=1S/C21H18ClFN2O/c1-14-19(24-13-16-17(22)9-5-10-18(16)23)11-6-12-20(14)25-21(26)15-7-3-2-4-8-15/h2-12,24H,13H2,1H3,(H,25,26). The maximum Gasteiger partial charge on any atom is 0.255 e. The van der Waals surface area contributed by atoms with Crippen molar-refractivity contribution in [1.29, 1.82) is 0 Å². The zero-order chi connectivity index (χ0) is 18.5. The van der Waals surface area contributed by atoms with Crippen LogP contribution >= 0.6 is 11.6 Å². The van der Waals surface area contributed by atoms with E-state index in [1.807, 2.05) is 43.3 Å². The lowest BCUT2D eigenvalue weighted by Crippen LogP contribution is -2.13. The van der Waals surface area contributed by atoms with Gasteiger partial charge in [-0.3, -0.25) is 4.79 Å². The molecular formula is C21H18ClFN2O. The molecule has 0 radical (unpaired) electrons. The highest BCUT2D eigenvalue weighted by Crippen LogP contribution is 2.26. The summed E-state index contributed by atoms with van der Waals surface area (Å²) < 4.78 is 13.9. The number of rotatable bonds is 5. The molecule has 0 aliphatic rings. The van der Waals surface area contributed by atoms with Crippen molar-refractivity contribution in [2.24, 2.45) is 0 Å². The SMILES string of the molecule is Cc1c(NCc2c(F)cccc2Cl)cccc1NC(=O)c1ccccc1. The molecule has 0 aliphatic carbocycles. The number of anilines is 2. The molecule has 0 spiro atoms. The van der Waals surface area contributed by atoms with Crippen LogP contribution in [0.5, 0.6) is 0 Å². The number of carbonyl (C=O) groups is 1. The summed E-state index contributed by atoms with van der Waals surface area (Å²) in [5.74, 6) is -0.529. The van der Waals surface area contributed by atoms with Crippen molar-refractivity contribution in [2.45, 2.75) is 13.5 Å². The summed E-state index contributed by atoms with van der Waals surface area (Å²) in [4.78, 5) is 12.3. The Hall–Kier alpha value is -2.85. The zero-order valence-electron chi connectivity index (χ0n) is 14.2. The van der Waals surface area contributed by atoms with E-state index in [9.17, 15) is 9.18 Å². The first-order valence-electron chi connectivity index (χ1n) is 8.19. The van der Waals surface area contributed by atoms with Gasteiger partial charge in [0.1, 0.15) is 5.82 Å². The van der Waals surface area contributed by atoms with Crippen molar-refractivity contribution in [3.05, 3.63) is 94.3 Å². The van der Waals surface area contributed by atoms with Crippen LogP contribution in [0.4, 0.5) is 15.8 Å². The molecule has 0 saturated heterocycles. The van der Waals surface area contributed by atoms with Gasteiger partial charge in [-0.1, -0.05) is 41.9 Å². The summed E-state index contributed by atoms with van der Waals surface area (Å²) in [5, 5.41) is 6.48. The molecule has 0 unspecified atom stereocenters. The van der Waals surface area contributed by atoms with Gasteiger partial charge < -0.3 is 10.6 Å². The van der Waals surface area contributed by atoms with Crippen molar-refractivity contribution in [1.82, 2.24) is 0 Å². The smallest absolute Gasteiger partial charge is 0.255 e. The molecular weight excluding hydrogens is 351 g/mol. The number of amides is 1. The molecule has 26 heavy (non-hydrogen) atoms. The summed E-state index contributed by atoms with van der Waals surface area (Å²) >= 11 is 6.07. The highest BCUT2D eigenvalue weighted by atomic mass is 35.5. The molecule has 5 heteroatoms. The first kappa shape index (κ1) is 18.0. The second-order valence-electron chi connectivity index (χ2n) is 5.85. The number of halogens is 2. The fourth-order valence-electron chi connectivity index (χ4n) is 2.63. The maximum atomic E-state index is 13.9. The van der Waals surface area contributed by atoms with Crippen molar-refractivity contribution in [3.63, 3.8) is 0 Å². The molecule has 0 bridgehead atoms. The van der Waals surface area contributed by atoms with Gasteiger partial charge in [0.15, 0.2) is 0 Å². The van der Waals surface area contributed by atoms with Gasteiger partial charge in [0.25, 0.3) is 5.91 Å². The van der Waals surface area contributed by atoms with E-state index >= 15 is 0 Å². The number of nitrogens with one attached hydrogen (secondary N) is 2. The fourth-order valence-corrected chi connectivity index (χ4v) is 2.86. The van der Waals surface area contributed by atoms with Gasteiger partial charge in [0.05, 0.1) is 0 Å². The molecule has 0 saturated carbocycles. The Kier molecular flexibility index (Phi) is 5.54. The van der Waals surface area contributed by atoms with Gasteiger partial charge in [-0.25, -0.2) is 4.39 Å². The van der Waals surface area contributed by atoms with Crippen LogP contribution in [0.15, 0.2) is 66.7 Å². The Morgan fingerprint density at radius 3 is 2.38 bits per heavy atom. The topological polar surface area (TPSA) is 41.1 Å². The lowest BCUT2D eigenvalue weighted by molar-refractivity contribution is 0.102. The molecule has 3 aromatic carbocycles. The van der Waals surface area contributed by atoms with Gasteiger partial charge in [-0.2, -0.15) is 0 Å². The second kappa shape index (κ2) is 8.02.